The third-order valence-electron chi connectivity index (χ3n) is 6.13. The summed E-state index contributed by atoms with van der Waals surface area (Å²) >= 11 is 6.08. The van der Waals surface area contributed by atoms with E-state index >= 15 is 0 Å². The van der Waals surface area contributed by atoms with Crippen LogP contribution in [-0.2, 0) is 22.6 Å². The van der Waals surface area contributed by atoms with Crippen LogP contribution in [0.5, 0.6) is 5.75 Å². The van der Waals surface area contributed by atoms with Gasteiger partial charge in [0, 0.05) is 24.5 Å². The number of hydrogen-bond acceptors (Lipinski definition) is 3. The Balaban J connectivity index is 1.91. The lowest BCUT2D eigenvalue weighted by atomic mass is 10.0. The highest BCUT2D eigenvalue weighted by Gasteiger charge is 2.30. The van der Waals surface area contributed by atoms with Crippen LogP contribution in [0.4, 0.5) is 0 Å². The molecule has 0 bridgehead atoms. The number of amides is 2. The van der Waals surface area contributed by atoms with Gasteiger partial charge in [-0.1, -0.05) is 80.0 Å². The smallest absolute Gasteiger partial charge is 0.261 e. The molecule has 3 aromatic rings. The van der Waals surface area contributed by atoms with Crippen molar-refractivity contribution in [2.75, 3.05) is 13.2 Å². The largest absolute Gasteiger partial charge is 0.483 e. The molecule has 1 atom stereocenters. The SMILES string of the molecule is Cc1cccc(OCC(=O)N(Cc2ccc(Cl)cc2)C(Cc2ccccc2)C(=O)NCC(C)C)c1C. The second-order valence-corrected chi connectivity index (χ2v) is 9.92. The number of nitrogens with one attached hydrogen (secondary N) is 1. The summed E-state index contributed by atoms with van der Waals surface area (Å²) in [6, 6.07) is 22.2. The van der Waals surface area contributed by atoms with Crippen molar-refractivity contribution in [3.8, 4) is 5.75 Å². The van der Waals surface area contributed by atoms with Gasteiger partial charge in [-0.15, -0.1) is 0 Å². The van der Waals surface area contributed by atoms with E-state index in [4.69, 9.17) is 16.3 Å². The zero-order chi connectivity index (χ0) is 26.1. The van der Waals surface area contributed by atoms with Gasteiger partial charge < -0.3 is 15.0 Å². The molecule has 1 unspecified atom stereocenters. The van der Waals surface area contributed by atoms with Gasteiger partial charge in [0.2, 0.25) is 5.91 Å². The summed E-state index contributed by atoms with van der Waals surface area (Å²) in [7, 11) is 0. The highest BCUT2D eigenvalue weighted by Crippen LogP contribution is 2.22. The number of rotatable bonds is 11. The fourth-order valence-corrected chi connectivity index (χ4v) is 3.99. The van der Waals surface area contributed by atoms with E-state index in [0.29, 0.717) is 29.7 Å². The van der Waals surface area contributed by atoms with Crippen molar-refractivity contribution >= 4 is 23.4 Å². The fourth-order valence-electron chi connectivity index (χ4n) is 3.87. The maximum absolute atomic E-state index is 13.7. The van der Waals surface area contributed by atoms with Crippen LogP contribution >= 0.6 is 11.6 Å². The minimum Gasteiger partial charge on any atom is -0.483 e. The van der Waals surface area contributed by atoms with E-state index < -0.39 is 6.04 Å². The molecule has 3 aromatic carbocycles. The van der Waals surface area contributed by atoms with Crippen LogP contribution in [-0.4, -0.2) is 35.9 Å². The summed E-state index contributed by atoms with van der Waals surface area (Å²) in [5.41, 5.74) is 3.94. The van der Waals surface area contributed by atoms with Gasteiger partial charge in [-0.3, -0.25) is 9.59 Å². The first-order valence-corrected chi connectivity index (χ1v) is 12.7. The van der Waals surface area contributed by atoms with Crippen molar-refractivity contribution in [1.29, 1.82) is 0 Å². The maximum atomic E-state index is 13.7. The average Bonchev–Trinajstić information content (AvgIpc) is 2.87. The molecular weight excluding hydrogens is 472 g/mol. The van der Waals surface area contributed by atoms with Gasteiger partial charge >= 0.3 is 0 Å². The Morgan fingerprint density at radius 1 is 0.917 bits per heavy atom. The minimum atomic E-state index is -0.698. The first-order valence-electron chi connectivity index (χ1n) is 12.3. The number of halogens is 1. The summed E-state index contributed by atoms with van der Waals surface area (Å²) in [5.74, 6) is 0.520. The number of nitrogens with zero attached hydrogens (tertiary/aromatic N) is 1. The minimum absolute atomic E-state index is 0.166. The molecule has 0 spiro atoms. The van der Waals surface area contributed by atoms with Crippen molar-refractivity contribution < 1.29 is 14.3 Å². The van der Waals surface area contributed by atoms with Gasteiger partial charge in [-0.25, -0.2) is 0 Å². The highest BCUT2D eigenvalue weighted by molar-refractivity contribution is 6.30. The van der Waals surface area contributed by atoms with Gasteiger partial charge in [0.15, 0.2) is 6.61 Å². The zero-order valence-electron chi connectivity index (χ0n) is 21.5. The van der Waals surface area contributed by atoms with Gasteiger partial charge in [0.1, 0.15) is 11.8 Å². The Labute approximate surface area is 219 Å². The number of hydrogen-bond donors (Lipinski definition) is 1. The molecule has 0 radical (unpaired) electrons. The van der Waals surface area contributed by atoms with Crippen molar-refractivity contribution in [3.63, 3.8) is 0 Å². The van der Waals surface area contributed by atoms with E-state index in [9.17, 15) is 9.59 Å². The van der Waals surface area contributed by atoms with Crippen molar-refractivity contribution in [2.24, 2.45) is 5.92 Å². The van der Waals surface area contributed by atoms with E-state index in [2.05, 4.69) is 5.32 Å². The lowest BCUT2D eigenvalue weighted by molar-refractivity contribution is -0.142. The summed E-state index contributed by atoms with van der Waals surface area (Å²) in [6.45, 7) is 8.69. The topological polar surface area (TPSA) is 58.6 Å². The molecule has 0 aromatic heterocycles. The van der Waals surface area contributed by atoms with E-state index in [0.717, 1.165) is 22.3 Å². The Hall–Kier alpha value is -3.31. The van der Waals surface area contributed by atoms with E-state index in [-0.39, 0.29) is 25.0 Å². The summed E-state index contributed by atoms with van der Waals surface area (Å²) in [6.07, 6.45) is 0.396. The van der Waals surface area contributed by atoms with Crippen molar-refractivity contribution in [3.05, 3.63) is 100 Å². The summed E-state index contributed by atoms with van der Waals surface area (Å²) in [5, 5.41) is 3.64. The van der Waals surface area contributed by atoms with Crippen LogP contribution in [0.1, 0.15) is 36.1 Å². The third-order valence-corrected chi connectivity index (χ3v) is 6.38. The zero-order valence-corrected chi connectivity index (χ0v) is 22.2. The Bertz CT molecular complexity index is 1150. The lowest BCUT2D eigenvalue weighted by Crippen LogP contribution is -2.52. The number of carbonyl (C=O) groups excluding carboxylic acids is 2. The normalized spacial score (nSPS) is 11.7. The molecule has 0 saturated carbocycles. The molecule has 1 N–H and O–H groups in total. The molecule has 0 aliphatic carbocycles. The van der Waals surface area contributed by atoms with Crippen LogP contribution in [0.3, 0.4) is 0 Å². The molecule has 0 aliphatic heterocycles. The first-order chi connectivity index (χ1) is 17.2. The van der Waals surface area contributed by atoms with E-state index in [1.165, 1.54) is 0 Å². The molecule has 5 nitrogen and oxygen atoms in total. The fraction of sp³-hybridized carbons (Fsp3) is 0.333. The third kappa shape index (κ3) is 7.85. The highest BCUT2D eigenvalue weighted by atomic mass is 35.5. The lowest BCUT2D eigenvalue weighted by Gasteiger charge is -2.32. The monoisotopic (exact) mass is 506 g/mol. The van der Waals surface area contributed by atoms with Gasteiger partial charge in [-0.05, 0) is 60.2 Å². The van der Waals surface area contributed by atoms with Crippen LogP contribution in [0.2, 0.25) is 5.02 Å². The quantitative estimate of drug-likeness (QED) is 0.360. The van der Waals surface area contributed by atoms with E-state index in [1.807, 2.05) is 88.4 Å². The number of ether oxygens (including phenoxy) is 1. The van der Waals surface area contributed by atoms with Crippen molar-refractivity contribution in [1.82, 2.24) is 10.2 Å². The predicted molar refractivity (Wildman–Crippen MR) is 145 cm³/mol. The van der Waals surface area contributed by atoms with E-state index in [1.54, 1.807) is 17.0 Å². The molecule has 190 valence electrons. The number of benzene rings is 3. The maximum Gasteiger partial charge on any atom is 0.261 e. The molecule has 6 heteroatoms. The second-order valence-electron chi connectivity index (χ2n) is 9.48. The standard InChI is InChI=1S/C30H35ClN2O3/c1-21(2)18-32-30(35)27(17-24-10-6-5-7-11-24)33(19-25-13-15-26(31)16-14-25)29(34)20-36-28-12-8-9-22(3)23(28)4/h5-16,21,27H,17-20H2,1-4H3,(H,32,35). The average molecular weight is 507 g/mol. The number of carbonyl (C=O) groups is 2. The van der Waals surface area contributed by atoms with Crippen LogP contribution in [0.15, 0.2) is 72.8 Å². The predicted octanol–water partition coefficient (Wildman–Crippen LogP) is 5.75. The van der Waals surface area contributed by atoms with Gasteiger partial charge in [0.25, 0.3) is 5.91 Å². The summed E-state index contributed by atoms with van der Waals surface area (Å²) < 4.78 is 5.95. The molecule has 0 fully saturated rings. The number of aryl methyl sites for hydroxylation is 1. The molecule has 36 heavy (non-hydrogen) atoms. The van der Waals surface area contributed by atoms with Crippen LogP contribution in [0, 0.1) is 19.8 Å². The second kappa shape index (κ2) is 13.1. The Kier molecular flexibility index (Phi) is 9.95. The molecule has 0 aliphatic rings. The van der Waals surface area contributed by atoms with Crippen molar-refractivity contribution in [2.45, 2.75) is 46.7 Å². The van der Waals surface area contributed by atoms with Gasteiger partial charge in [-0.2, -0.15) is 0 Å². The molecular formula is C30H35ClN2O3. The molecule has 0 saturated heterocycles. The Morgan fingerprint density at radius 2 is 1.61 bits per heavy atom. The molecule has 2 amide bonds. The molecule has 3 rings (SSSR count). The Morgan fingerprint density at radius 3 is 2.28 bits per heavy atom. The summed E-state index contributed by atoms with van der Waals surface area (Å²) in [4.78, 5) is 28.7. The first kappa shape index (κ1) is 27.3. The van der Waals surface area contributed by atoms with Crippen LogP contribution < -0.4 is 10.1 Å². The molecule has 0 heterocycles. The van der Waals surface area contributed by atoms with Gasteiger partial charge in [0.05, 0.1) is 0 Å². The van der Waals surface area contributed by atoms with Crippen LogP contribution in [0.25, 0.3) is 0 Å².